The molecule has 5 heteroatoms. The average Bonchev–Trinajstić information content (AvgIpc) is 2.39. The third kappa shape index (κ3) is 2.68. The largest absolute Gasteiger partial charge is 0.496 e. The summed E-state index contributed by atoms with van der Waals surface area (Å²) in [6.45, 7) is 0. The van der Waals surface area contributed by atoms with Gasteiger partial charge in [-0.1, -0.05) is 0 Å². The van der Waals surface area contributed by atoms with Gasteiger partial charge in [0.15, 0.2) is 0 Å². The summed E-state index contributed by atoms with van der Waals surface area (Å²) >= 11 is 0. The summed E-state index contributed by atoms with van der Waals surface area (Å²) in [6, 6.07) is 2.95. The Bertz CT molecular complexity index is 367. The van der Waals surface area contributed by atoms with Gasteiger partial charge in [0.25, 0.3) is 0 Å². The van der Waals surface area contributed by atoms with Crippen LogP contribution in [0.3, 0.4) is 0 Å². The highest BCUT2D eigenvalue weighted by molar-refractivity contribution is 5.68. The van der Waals surface area contributed by atoms with E-state index in [-0.39, 0.29) is 0 Å². The highest BCUT2D eigenvalue weighted by atomic mass is 16.5. The fraction of sp³-hybridized carbons (Fsp3) is 0.417. The van der Waals surface area contributed by atoms with Crippen molar-refractivity contribution in [1.29, 1.82) is 0 Å². The van der Waals surface area contributed by atoms with Crippen LogP contribution in [-0.2, 0) is 4.79 Å². The second kappa shape index (κ2) is 6.10. The molecule has 0 saturated heterocycles. The monoisotopic (exact) mass is 239 g/mol. The lowest BCUT2D eigenvalue weighted by Crippen LogP contribution is -2.19. The quantitative estimate of drug-likeness (QED) is 0.755. The van der Waals surface area contributed by atoms with E-state index in [1.54, 1.807) is 26.3 Å². The third-order valence-electron chi connectivity index (χ3n) is 2.51. The van der Waals surface area contributed by atoms with Crippen molar-refractivity contribution >= 4 is 6.29 Å². The van der Waals surface area contributed by atoms with Gasteiger partial charge in [-0.2, -0.15) is 0 Å². The molecule has 17 heavy (non-hydrogen) atoms. The molecule has 0 saturated carbocycles. The molecule has 1 unspecified atom stereocenters. The smallest absolute Gasteiger partial charge is 0.141 e. The molecule has 1 rings (SSSR count). The standard InChI is InChI=1S/C12H17NO4/c1-13-9(7-14)12-10(16-3)5-8(15-2)6-11(12)17-4/h5-7,9,13H,1-4H3. The van der Waals surface area contributed by atoms with Crippen LogP contribution in [-0.4, -0.2) is 34.7 Å². The molecule has 0 amide bonds. The molecule has 1 aromatic carbocycles. The van der Waals surface area contributed by atoms with Crippen LogP contribution in [0.15, 0.2) is 12.1 Å². The van der Waals surface area contributed by atoms with E-state index >= 15 is 0 Å². The number of hydrogen-bond donors (Lipinski definition) is 1. The molecule has 0 aliphatic carbocycles. The maximum absolute atomic E-state index is 11.0. The van der Waals surface area contributed by atoms with Crippen molar-refractivity contribution in [2.45, 2.75) is 6.04 Å². The van der Waals surface area contributed by atoms with Gasteiger partial charge in [0.2, 0.25) is 0 Å². The first-order valence-electron chi connectivity index (χ1n) is 5.14. The lowest BCUT2D eigenvalue weighted by molar-refractivity contribution is -0.109. The Labute approximate surface area is 101 Å². The zero-order chi connectivity index (χ0) is 12.8. The van der Waals surface area contributed by atoms with E-state index in [1.165, 1.54) is 14.2 Å². The second-order valence-electron chi connectivity index (χ2n) is 3.35. The van der Waals surface area contributed by atoms with Crippen LogP contribution in [0.25, 0.3) is 0 Å². The van der Waals surface area contributed by atoms with E-state index in [1.807, 2.05) is 0 Å². The molecule has 1 N–H and O–H groups in total. The molecule has 0 aromatic heterocycles. The van der Waals surface area contributed by atoms with Gasteiger partial charge in [0.05, 0.1) is 32.9 Å². The summed E-state index contributed by atoms with van der Waals surface area (Å²) < 4.78 is 15.6. The van der Waals surface area contributed by atoms with Gasteiger partial charge in [0.1, 0.15) is 23.5 Å². The summed E-state index contributed by atoms with van der Waals surface area (Å²) in [6.07, 6.45) is 0.798. The predicted molar refractivity (Wildman–Crippen MR) is 64.0 cm³/mol. The normalized spacial score (nSPS) is 11.8. The molecule has 0 aliphatic heterocycles. The van der Waals surface area contributed by atoms with E-state index in [0.717, 1.165) is 6.29 Å². The summed E-state index contributed by atoms with van der Waals surface area (Å²) in [7, 11) is 6.33. The van der Waals surface area contributed by atoms with Crippen molar-refractivity contribution in [2.24, 2.45) is 0 Å². The second-order valence-corrected chi connectivity index (χ2v) is 3.35. The Morgan fingerprint density at radius 1 is 1.12 bits per heavy atom. The molecule has 0 bridgehead atoms. The summed E-state index contributed by atoms with van der Waals surface area (Å²) in [4.78, 5) is 11.0. The highest BCUT2D eigenvalue weighted by Crippen LogP contribution is 2.37. The molecule has 0 radical (unpaired) electrons. The summed E-state index contributed by atoms with van der Waals surface area (Å²) in [5.74, 6) is 1.71. The molecular weight excluding hydrogens is 222 g/mol. The van der Waals surface area contributed by atoms with Crippen LogP contribution in [0.2, 0.25) is 0 Å². The first kappa shape index (κ1) is 13.3. The fourth-order valence-electron chi connectivity index (χ4n) is 1.62. The first-order valence-corrected chi connectivity index (χ1v) is 5.14. The number of hydrogen-bond acceptors (Lipinski definition) is 5. The van der Waals surface area contributed by atoms with Gasteiger partial charge in [-0.3, -0.25) is 0 Å². The number of carbonyl (C=O) groups is 1. The maximum atomic E-state index is 11.0. The van der Waals surface area contributed by atoms with E-state index in [2.05, 4.69) is 5.32 Å². The molecule has 94 valence electrons. The lowest BCUT2D eigenvalue weighted by Gasteiger charge is -2.18. The number of benzene rings is 1. The van der Waals surface area contributed by atoms with Gasteiger partial charge >= 0.3 is 0 Å². The first-order chi connectivity index (χ1) is 8.21. The third-order valence-corrected chi connectivity index (χ3v) is 2.51. The number of aldehydes is 1. The molecule has 1 atom stereocenters. The molecular formula is C12H17NO4. The fourth-order valence-corrected chi connectivity index (χ4v) is 1.62. The number of methoxy groups -OCH3 is 3. The van der Waals surface area contributed by atoms with Crippen LogP contribution < -0.4 is 19.5 Å². The minimum Gasteiger partial charge on any atom is -0.496 e. The van der Waals surface area contributed by atoms with Gasteiger partial charge < -0.3 is 24.3 Å². The van der Waals surface area contributed by atoms with Crippen molar-refractivity contribution in [3.63, 3.8) is 0 Å². The molecule has 1 aromatic rings. The molecule has 0 aliphatic rings. The van der Waals surface area contributed by atoms with Crippen LogP contribution in [0, 0.1) is 0 Å². The minimum atomic E-state index is -0.481. The van der Waals surface area contributed by atoms with Crippen LogP contribution in [0.5, 0.6) is 17.2 Å². The van der Waals surface area contributed by atoms with E-state index in [0.29, 0.717) is 22.8 Å². The van der Waals surface area contributed by atoms with Crippen molar-refractivity contribution < 1.29 is 19.0 Å². The number of nitrogens with one attached hydrogen (secondary N) is 1. The van der Waals surface area contributed by atoms with Gasteiger partial charge in [-0.05, 0) is 7.05 Å². The van der Waals surface area contributed by atoms with Gasteiger partial charge in [-0.15, -0.1) is 0 Å². The predicted octanol–water partition coefficient (Wildman–Crippen LogP) is 1.17. The van der Waals surface area contributed by atoms with Crippen LogP contribution >= 0.6 is 0 Å². The minimum absolute atomic E-state index is 0.481. The van der Waals surface area contributed by atoms with E-state index in [4.69, 9.17) is 14.2 Å². The Morgan fingerprint density at radius 3 is 1.94 bits per heavy atom. The Balaban J connectivity index is 3.38. The zero-order valence-corrected chi connectivity index (χ0v) is 10.4. The number of likely N-dealkylation sites (N-methyl/N-ethyl adjacent to an activating group) is 1. The maximum Gasteiger partial charge on any atom is 0.141 e. The molecule has 5 nitrogen and oxygen atoms in total. The lowest BCUT2D eigenvalue weighted by atomic mass is 10.0. The molecule has 0 spiro atoms. The Hall–Kier alpha value is -1.75. The summed E-state index contributed by atoms with van der Waals surface area (Å²) in [5, 5.41) is 2.89. The topological polar surface area (TPSA) is 56.8 Å². The molecule has 0 heterocycles. The van der Waals surface area contributed by atoms with E-state index in [9.17, 15) is 4.79 Å². The van der Waals surface area contributed by atoms with Crippen LogP contribution in [0.1, 0.15) is 11.6 Å². The summed E-state index contributed by atoms with van der Waals surface area (Å²) in [5.41, 5.74) is 0.660. The average molecular weight is 239 g/mol. The van der Waals surface area contributed by atoms with Crippen LogP contribution in [0.4, 0.5) is 0 Å². The van der Waals surface area contributed by atoms with Crippen molar-refractivity contribution in [3.05, 3.63) is 17.7 Å². The van der Waals surface area contributed by atoms with E-state index < -0.39 is 6.04 Å². The highest BCUT2D eigenvalue weighted by Gasteiger charge is 2.20. The van der Waals surface area contributed by atoms with Crippen molar-refractivity contribution in [1.82, 2.24) is 5.32 Å². The van der Waals surface area contributed by atoms with Crippen molar-refractivity contribution in [3.8, 4) is 17.2 Å². The van der Waals surface area contributed by atoms with Crippen molar-refractivity contribution in [2.75, 3.05) is 28.4 Å². The number of rotatable bonds is 6. The van der Waals surface area contributed by atoms with Gasteiger partial charge in [0, 0.05) is 12.1 Å². The number of carbonyl (C=O) groups excluding carboxylic acids is 1. The van der Waals surface area contributed by atoms with Gasteiger partial charge in [-0.25, -0.2) is 0 Å². The Kier molecular flexibility index (Phi) is 4.78. The molecule has 0 fully saturated rings. The zero-order valence-electron chi connectivity index (χ0n) is 10.4. The Morgan fingerprint density at radius 2 is 1.65 bits per heavy atom. The number of ether oxygens (including phenoxy) is 3. The SMILES string of the molecule is CNC(C=O)c1c(OC)cc(OC)cc1OC.